The third-order valence-corrected chi connectivity index (χ3v) is 3.11. The van der Waals surface area contributed by atoms with Crippen LogP contribution in [0, 0.1) is 0 Å². The van der Waals surface area contributed by atoms with Crippen LogP contribution in [0.15, 0.2) is 29.4 Å². The molecule has 1 rings (SSSR count). The van der Waals surface area contributed by atoms with Crippen molar-refractivity contribution >= 4 is 17.5 Å². The van der Waals surface area contributed by atoms with Crippen molar-refractivity contribution in [1.29, 1.82) is 0 Å². The van der Waals surface area contributed by atoms with Gasteiger partial charge in [-0.25, -0.2) is 0 Å². The number of rotatable bonds is 7. The fourth-order valence-corrected chi connectivity index (χ4v) is 1.85. The Balaban J connectivity index is 2.80. The molecule has 0 aromatic heterocycles. The van der Waals surface area contributed by atoms with E-state index in [-0.39, 0.29) is 0 Å². The Hall–Kier alpha value is -1.75. The molecule has 0 fully saturated rings. The van der Waals surface area contributed by atoms with E-state index in [0.29, 0.717) is 30.1 Å². The lowest BCUT2D eigenvalue weighted by molar-refractivity contribution is -0.124. The molecule has 1 amide bonds. The van der Waals surface area contributed by atoms with E-state index in [4.69, 9.17) is 22.9 Å². The number of carbonyl (C=O) groups is 1. The lowest BCUT2D eigenvalue weighted by Crippen LogP contribution is -2.50. The minimum Gasteiger partial charge on any atom is -0.368 e. The van der Waals surface area contributed by atoms with E-state index in [2.05, 4.69) is 15.3 Å². The normalized spacial score (nSPS) is 13.4. The molecule has 19 heavy (non-hydrogen) atoms. The van der Waals surface area contributed by atoms with Gasteiger partial charge >= 0.3 is 0 Å². The van der Waals surface area contributed by atoms with Crippen LogP contribution in [0.25, 0.3) is 10.4 Å². The Morgan fingerprint density at radius 2 is 2.37 bits per heavy atom. The van der Waals surface area contributed by atoms with Crippen LogP contribution in [0.1, 0.15) is 18.9 Å². The zero-order chi connectivity index (χ0) is 14.3. The fourth-order valence-electron chi connectivity index (χ4n) is 1.66. The molecule has 1 aromatic carbocycles. The number of hydrogen-bond donors (Lipinski definition) is 2. The van der Waals surface area contributed by atoms with Crippen molar-refractivity contribution in [3.8, 4) is 0 Å². The summed E-state index contributed by atoms with van der Waals surface area (Å²) in [6, 6.07) is 6.98. The van der Waals surface area contributed by atoms with Gasteiger partial charge in [-0.3, -0.25) is 10.1 Å². The summed E-state index contributed by atoms with van der Waals surface area (Å²) in [5, 5.41) is 7.05. The van der Waals surface area contributed by atoms with Crippen molar-refractivity contribution < 1.29 is 4.79 Å². The number of halogens is 1. The molecule has 0 bridgehead atoms. The molecule has 0 aliphatic rings. The summed E-state index contributed by atoms with van der Waals surface area (Å²) < 4.78 is 0. The van der Waals surface area contributed by atoms with E-state index in [0.717, 1.165) is 0 Å². The second kappa shape index (κ2) is 6.99. The molecule has 1 atom stereocenters. The highest BCUT2D eigenvalue weighted by molar-refractivity contribution is 6.30. The molecular formula is C12H16ClN5O. The molecule has 0 aliphatic heterocycles. The van der Waals surface area contributed by atoms with E-state index in [1.54, 1.807) is 31.2 Å². The topological polar surface area (TPSA) is 104 Å². The SMILES string of the molecule is CC(NCCCN=[N+]=[N-])(C(N)=O)c1cccc(Cl)c1. The van der Waals surface area contributed by atoms with Gasteiger partial charge in [-0.15, -0.1) is 0 Å². The first kappa shape index (κ1) is 15.3. The van der Waals surface area contributed by atoms with Gasteiger partial charge in [-0.1, -0.05) is 28.8 Å². The Morgan fingerprint density at radius 1 is 1.63 bits per heavy atom. The predicted molar refractivity (Wildman–Crippen MR) is 74.6 cm³/mol. The summed E-state index contributed by atoms with van der Waals surface area (Å²) in [5.41, 5.74) is 13.3. The maximum Gasteiger partial charge on any atom is 0.242 e. The van der Waals surface area contributed by atoms with Crippen LogP contribution in [0.5, 0.6) is 0 Å². The molecule has 0 aliphatic carbocycles. The molecule has 1 aromatic rings. The number of primary amides is 1. The van der Waals surface area contributed by atoms with Gasteiger partial charge < -0.3 is 5.73 Å². The number of azide groups is 1. The highest BCUT2D eigenvalue weighted by Gasteiger charge is 2.32. The van der Waals surface area contributed by atoms with Gasteiger partial charge in [0, 0.05) is 16.5 Å². The van der Waals surface area contributed by atoms with E-state index in [9.17, 15) is 4.79 Å². The van der Waals surface area contributed by atoms with E-state index < -0.39 is 11.4 Å². The number of amides is 1. The van der Waals surface area contributed by atoms with E-state index in [1.807, 2.05) is 0 Å². The highest BCUT2D eigenvalue weighted by Crippen LogP contribution is 2.23. The van der Waals surface area contributed by atoms with Gasteiger partial charge in [0.1, 0.15) is 5.54 Å². The third-order valence-electron chi connectivity index (χ3n) is 2.87. The minimum absolute atomic E-state index is 0.369. The minimum atomic E-state index is -0.999. The summed E-state index contributed by atoms with van der Waals surface area (Å²) in [7, 11) is 0. The Bertz CT molecular complexity index is 501. The van der Waals surface area contributed by atoms with Crippen molar-refractivity contribution in [2.24, 2.45) is 10.8 Å². The van der Waals surface area contributed by atoms with Crippen molar-refractivity contribution in [3.05, 3.63) is 45.3 Å². The monoisotopic (exact) mass is 281 g/mol. The maximum absolute atomic E-state index is 11.7. The molecular weight excluding hydrogens is 266 g/mol. The van der Waals surface area contributed by atoms with Gasteiger partial charge in [0.05, 0.1) is 0 Å². The van der Waals surface area contributed by atoms with Gasteiger partial charge in [0.2, 0.25) is 5.91 Å². The zero-order valence-corrected chi connectivity index (χ0v) is 11.4. The average Bonchev–Trinajstić information content (AvgIpc) is 2.38. The quantitative estimate of drug-likeness (QED) is 0.346. The van der Waals surface area contributed by atoms with Crippen molar-refractivity contribution in [2.45, 2.75) is 18.9 Å². The molecule has 0 saturated carbocycles. The van der Waals surface area contributed by atoms with Gasteiger partial charge in [-0.2, -0.15) is 0 Å². The molecule has 102 valence electrons. The average molecular weight is 282 g/mol. The molecule has 0 radical (unpaired) electrons. The van der Waals surface area contributed by atoms with Crippen LogP contribution in [0.3, 0.4) is 0 Å². The number of nitrogens with two attached hydrogens (primary N) is 1. The first-order chi connectivity index (χ1) is 9.00. The van der Waals surface area contributed by atoms with Crippen molar-refractivity contribution in [2.75, 3.05) is 13.1 Å². The molecule has 3 N–H and O–H groups in total. The largest absolute Gasteiger partial charge is 0.368 e. The molecule has 0 saturated heterocycles. The van der Waals surface area contributed by atoms with Crippen LogP contribution >= 0.6 is 11.6 Å². The summed E-state index contributed by atoms with van der Waals surface area (Å²) in [4.78, 5) is 14.4. The van der Waals surface area contributed by atoms with Crippen LogP contribution < -0.4 is 11.1 Å². The Morgan fingerprint density at radius 3 is 2.95 bits per heavy atom. The fraction of sp³-hybridized carbons (Fsp3) is 0.417. The summed E-state index contributed by atoms with van der Waals surface area (Å²) in [5.74, 6) is -0.487. The zero-order valence-electron chi connectivity index (χ0n) is 10.6. The van der Waals surface area contributed by atoms with Gasteiger partial charge in [0.15, 0.2) is 0 Å². The number of benzene rings is 1. The van der Waals surface area contributed by atoms with Crippen LogP contribution in [-0.4, -0.2) is 19.0 Å². The number of nitrogens with zero attached hydrogens (tertiary/aromatic N) is 3. The second-order valence-electron chi connectivity index (χ2n) is 4.23. The Kier molecular flexibility index (Phi) is 5.63. The lowest BCUT2D eigenvalue weighted by Gasteiger charge is -2.28. The number of carbonyl (C=O) groups excluding carboxylic acids is 1. The first-order valence-corrected chi connectivity index (χ1v) is 6.20. The number of nitrogens with one attached hydrogen (secondary N) is 1. The molecule has 7 heteroatoms. The standard InChI is InChI=1S/C12H16ClN5O/c1-12(11(14)19,16-6-3-7-17-18-15)9-4-2-5-10(13)8-9/h2,4-5,8,16H,3,6-7H2,1H3,(H2,14,19). The van der Waals surface area contributed by atoms with Crippen LogP contribution in [0.2, 0.25) is 5.02 Å². The summed E-state index contributed by atoms with van der Waals surface area (Å²) >= 11 is 5.92. The van der Waals surface area contributed by atoms with Gasteiger partial charge in [0.25, 0.3) is 0 Å². The highest BCUT2D eigenvalue weighted by atomic mass is 35.5. The van der Waals surface area contributed by atoms with Crippen molar-refractivity contribution in [1.82, 2.24) is 5.32 Å². The Labute approximate surface area is 116 Å². The molecule has 6 nitrogen and oxygen atoms in total. The molecule has 1 unspecified atom stereocenters. The van der Waals surface area contributed by atoms with Crippen LogP contribution in [0.4, 0.5) is 0 Å². The van der Waals surface area contributed by atoms with E-state index in [1.165, 1.54) is 0 Å². The maximum atomic E-state index is 11.7. The number of hydrogen-bond acceptors (Lipinski definition) is 3. The smallest absolute Gasteiger partial charge is 0.242 e. The summed E-state index contributed by atoms with van der Waals surface area (Å²) in [6.07, 6.45) is 0.619. The van der Waals surface area contributed by atoms with E-state index >= 15 is 0 Å². The summed E-state index contributed by atoms with van der Waals surface area (Å²) in [6.45, 7) is 2.58. The molecule has 0 heterocycles. The van der Waals surface area contributed by atoms with Crippen molar-refractivity contribution in [3.63, 3.8) is 0 Å². The third kappa shape index (κ3) is 4.13. The van der Waals surface area contributed by atoms with Gasteiger partial charge in [-0.05, 0) is 43.1 Å². The first-order valence-electron chi connectivity index (χ1n) is 5.82. The second-order valence-corrected chi connectivity index (χ2v) is 4.67. The lowest BCUT2D eigenvalue weighted by atomic mass is 9.91. The molecule has 0 spiro atoms. The predicted octanol–water partition coefficient (Wildman–Crippen LogP) is 2.33. The van der Waals surface area contributed by atoms with Crippen LogP contribution in [-0.2, 0) is 10.3 Å².